The summed E-state index contributed by atoms with van der Waals surface area (Å²) in [4.78, 5) is 14.6. The average molecular weight is 282 g/mol. The fraction of sp³-hybridized carbons (Fsp3) is 0.938. The van der Waals surface area contributed by atoms with E-state index in [-0.39, 0.29) is 12.5 Å². The fourth-order valence-electron chi connectivity index (χ4n) is 3.55. The zero-order chi connectivity index (χ0) is 14.2. The van der Waals surface area contributed by atoms with Gasteiger partial charge in [-0.3, -0.25) is 4.79 Å². The van der Waals surface area contributed by atoms with Gasteiger partial charge in [-0.2, -0.15) is 0 Å². The van der Waals surface area contributed by atoms with Crippen LogP contribution in [0, 0.1) is 5.92 Å². The Hall–Kier alpha value is -0.610. The van der Waals surface area contributed by atoms with Crippen molar-refractivity contribution in [1.82, 2.24) is 10.2 Å². The second-order valence-corrected chi connectivity index (χ2v) is 6.14. The van der Waals surface area contributed by atoms with Crippen LogP contribution in [0.15, 0.2) is 0 Å². The standard InChI is InChI=1S/C16H30N2O2/c1-2-12-20-13-16(19)18-11-5-3-4-6-15(18)14-7-9-17-10-8-14/h14-15,17H,2-13H2,1H3. The van der Waals surface area contributed by atoms with E-state index in [1.54, 1.807) is 0 Å². The van der Waals surface area contributed by atoms with Crippen LogP contribution in [0.1, 0.15) is 51.9 Å². The van der Waals surface area contributed by atoms with Gasteiger partial charge in [-0.1, -0.05) is 19.8 Å². The number of carbonyl (C=O) groups is 1. The lowest BCUT2D eigenvalue weighted by Crippen LogP contribution is -2.48. The lowest BCUT2D eigenvalue weighted by molar-refractivity contribution is -0.139. The quantitative estimate of drug-likeness (QED) is 0.786. The van der Waals surface area contributed by atoms with E-state index in [0.29, 0.717) is 18.6 Å². The molecule has 2 rings (SSSR count). The van der Waals surface area contributed by atoms with Crippen LogP contribution in [0.25, 0.3) is 0 Å². The number of amides is 1. The highest BCUT2D eigenvalue weighted by Gasteiger charge is 2.32. The topological polar surface area (TPSA) is 41.6 Å². The van der Waals surface area contributed by atoms with Crippen LogP contribution >= 0.6 is 0 Å². The molecular formula is C16H30N2O2. The van der Waals surface area contributed by atoms with Crippen molar-refractivity contribution in [2.45, 2.75) is 57.9 Å². The van der Waals surface area contributed by atoms with Gasteiger partial charge in [-0.15, -0.1) is 0 Å². The Morgan fingerprint density at radius 1 is 1.20 bits per heavy atom. The maximum absolute atomic E-state index is 12.5. The Morgan fingerprint density at radius 3 is 2.75 bits per heavy atom. The van der Waals surface area contributed by atoms with Crippen molar-refractivity contribution in [2.24, 2.45) is 5.92 Å². The van der Waals surface area contributed by atoms with Gasteiger partial charge in [0.15, 0.2) is 0 Å². The molecule has 0 spiro atoms. The second-order valence-electron chi connectivity index (χ2n) is 6.14. The number of carbonyl (C=O) groups excluding carboxylic acids is 1. The number of nitrogens with zero attached hydrogens (tertiary/aromatic N) is 1. The van der Waals surface area contributed by atoms with Crippen LogP contribution in [-0.4, -0.2) is 49.7 Å². The molecule has 4 heteroatoms. The van der Waals surface area contributed by atoms with Crippen molar-refractivity contribution < 1.29 is 9.53 Å². The summed E-state index contributed by atoms with van der Waals surface area (Å²) >= 11 is 0. The van der Waals surface area contributed by atoms with E-state index in [1.807, 2.05) is 0 Å². The van der Waals surface area contributed by atoms with Gasteiger partial charge in [-0.05, 0) is 51.1 Å². The largest absolute Gasteiger partial charge is 0.372 e. The van der Waals surface area contributed by atoms with Gasteiger partial charge < -0.3 is 15.0 Å². The van der Waals surface area contributed by atoms with Crippen molar-refractivity contribution >= 4 is 5.91 Å². The third kappa shape index (κ3) is 4.45. The number of hydrogen-bond donors (Lipinski definition) is 1. The van der Waals surface area contributed by atoms with Gasteiger partial charge in [0.1, 0.15) is 6.61 Å². The summed E-state index contributed by atoms with van der Waals surface area (Å²) in [5.41, 5.74) is 0. The Morgan fingerprint density at radius 2 is 2.00 bits per heavy atom. The molecule has 116 valence electrons. The minimum absolute atomic E-state index is 0.212. The van der Waals surface area contributed by atoms with Crippen LogP contribution in [0.5, 0.6) is 0 Å². The van der Waals surface area contributed by atoms with Crippen molar-refractivity contribution in [3.63, 3.8) is 0 Å². The normalized spacial score (nSPS) is 25.4. The highest BCUT2D eigenvalue weighted by Crippen LogP contribution is 2.28. The summed E-state index contributed by atoms with van der Waals surface area (Å²) in [7, 11) is 0. The number of nitrogens with one attached hydrogen (secondary N) is 1. The molecule has 0 aromatic carbocycles. The molecule has 0 bridgehead atoms. The van der Waals surface area contributed by atoms with E-state index >= 15 is 0 Å². The molecule has 0 saturated carbocycles. The highest BCUT2D eigenvalue weighted by molar-refractivity contribution is 5.77. The van der Waals surface area contributed by atoms with E-state index in [9.17, 15) is 4.79 Å². The molecule has 2 aliphatic heterocycles. The van der Waals surface area contributed by atoms with Gasteiger partial charge in [0.05, 0.1) is 0 Å². The Labute approximate surface area is 123 Å². The Bertz CT molecular complexity index is 290. The second kappa shape index (κ2) is 8.63. The van der Waals surface area contributed by atoms with E-state index in [4.69, 9.17) is 4.74 Å². The van der Waals surface area contributed by atoms with Gasteiger partial charge in [-0.25, -0.2) is 0 Å². The first kappa shape index (κ1) is 15.8. The summed E-state index contributed by atoms with van der Waals surface area (Å²) in [5, 5.41) is 3.43. The van der Waals surface area contributed by atoms with Crippen LogP contribution in [0.4, 0.5) is 0 Å². The monoisotopic (exact) mass is 282 g/mol. The first-order valence-electron chi connectivity index (χ1n) is 8.41. The minimum atomic E-state index is 0.212. The Kier molecular flexibility index (Phi) is 6.80. The number of likely N-dealkylation sites (tertiary alicyclic amines) is 1. The van der Waals surface area contributed by atoms with Crippen molar-refractivity contribution in [2.75, 3.05) is 32.8 Å². The van der Waals surface area contributed by atoms with Gasteiger partial charge >= 0.3 is 0 Å². The number of piperidine rings is 1. The summed E-state index contributed by atoms with van der Waals surface area (Å²) in [6.07, 6.45) is 8.28. The first-order chi connectivity index (χ1) is 9.83. The molecule has 0 radical (unpaired) electrons. The molecule has 0 aromatic heterocycles. The van der Waals surface area contributed by atoms with Crippen molar-refractivity contribution in [3.8, 4) is 0 Å². The van der Waals surface area contributed by atoms with Crippen LogP contribution in [0.2, 0.25) is 0 Å². The molecular weight excluding hydrogens is 252 g/mol. The number of rotatable bonds is 5. The Balaban J connectivity index is 1.94. The van der Waals surface area contributed by atoms with Crippen LogP contribution in [0.3, 0.4) is 0 Å². The third-order valence-electron chi connectivity index (χ3n) is 4.62. The third-order valence-corrected chi connectivity index (χ3v) is 4.62. The lowest BCUT2D eigenvalue weighted by Gasteiger charge is -2.38. The predicted molar refractivity (Wildman–Crippen MR) is 80.7 cm³/mol. The molecule has 2 saturated heterocycles. The van der Waals surface area contributed by atoms with E-state index in [2.05, 4.69) is 17.1 Å². The number of ether oxygens (including phenoxy) is 1. The molecule has 0 aromatic rings. The zero-order valence-electron chi connectivity index (χ0n) is 12.9. The molecule has 2 heterocycles. The first-order valence-corrected chi connectivity index (χ1v) is 8.41. The molecule has 0 aliphatic carbocycles. The summed E-state index contributed by atoms with van der Waals surface area (Å²) in [6.45, 7) is 6.19. The smallest absolute Gasteiger partial charge is 0.248 e. The SMILES string of the molecule is CCCOCC(=O)N1CCCCCC1C1CCNCC1. The predicted octanol–water partition coefficient (Wildman–Crippen LogP) is 2.18. The maximum atomic E-state index is 12.5. The molecule has 1 atom stereocenters. The molecule has 1 amide bonds. The highest BCUT2D eigenvalue weighted by atomic mass is 16.5. The van der Waals surface area contributed by atoms with Crippen molar-refractivity contribution in [1.29, 1.82) is 0 Å². The van der Waals surface area contributed by atoms with E-state index < -0.39 is 0 Å². The summed E-state index contributed by atoms with van der Waals surface area (Å²) in [5.74, 6) is 0.897. The van der Waals surface area contributed by atoms with Gasteiger partial charge in [0, 0.05) is 19.2 Å². The average Bonchev–Trinajstić information content (AvgIpc) is 2.74. The van der Waals surface area contributed by atoms with Crippen molar-refractivity contribution in [3.05, 3.63) is 0 Å². The van der Waals surface area contributed by atoms with Crippen LogP contribution in [-0.2, 0) is 9.53 Å². The summed E-state index contributed by atoms with van der Waals surface area (Å²) in [6, 6.07) is 0.456. The lowest BCUT2D eigenvalue weighted by atomic mass is 9.87. The number of hydrogen-bond acceptors (Lipinski definition) is 3. The molecule has 20 heavy (non-hydrogen) atoms. The molecule has 1 unspecified atom stereocenters. The minimum Gasteiger partial charge on any atom is -0.372 e. The molecule has 2 aliphatic rings. The van der Waals surface area contributed by atoms with E-state index in [0.717, 1.165) is 32.5 Å². The summed E-state index contributed by atoms with van der Waals surface area (Å²) < 4.78 is 5.47. The van der Waals surface area contributed by atoms with Gasteiger partial charge in [0.25, 0.3) is 0 Å². The van der Waals surface area contributed by atoms with Gasteiger partial charge in [0.2, 0.25) is 5.91 Å². The molecule has 2 fully saturated rings. The molecule has 1 N–H and O–H groups in total. The van der Waals surface area contributed by atoms with Crippen LogP contribution < -0.4 is 5.32 Å². The van der Waals surface area contributed by atoms with E-state index in [1.165, 1.54) is 32.1 Å². The molecule has 4 nitrogen and oxygen atoms in total. The zero-order valence-corrected chi connectivity index (χ0v) is 12.9. The maximum Gasteiger partial charge on any atom is 0.248 e. The fourth-order valence-corrected chi connectivity index (χ4v) is 3.55.